The van der Waals surface area contributed by atoms with E-state index in [1.54, 1.807) is 13.0 Å². The third-order valence-electron chi connectivity index (χ3n) is 4.23. The van der Waals surface area contributed by atoms with Crippen molar-refractivity contribution < 1.29 is 14.8 Å². The molecule has 0 unspecified atom stereocenters. The van der Waals surface area contributed by atoms with Gasteiger partial charge in [-0.15, -0.1) is 0 Å². The molecule has 1 aromatic carbocycles. The van der Waals surface area contributed by atoms with Crippen LogP contribution in [0.2, 0.25) is 0 Å². The van der Waals surface area contributed by atoms with Crippen molar-refractivity contribution in [1.82, 2.24) is 4.90 Å². The molecule has 1 aromatic rings. The number of nitrogens with zero attached hydrogens (tertiary/aromatic N) is 2. The van der Waals surface area contributed by atoms with Crippen molar-refractivity contribution in [2.45, 2.75) is 33.2 Å². The van der Waals surface area contributed by atoms with Crippen LogP contribution >= 0.6 is 0 Å². The largest absolute Gasteiger partial charge is 0.394 e. The van der Waals surface area contributed by atoms with Crippen molar-refractivity contribution in [1.29, 1.82) is 0 Å². The van der Waals surface area contributed by atoms with E-state index in [9.17, 15) is 20.0 Å². The van der Waals surface area contributed by atoms with Gasteiger partial charge in [0.2, 0.25) is 0 Å². The average Bonchev–Trinajstić information content (AvgIpc) is 2.92. The Balaban J connectivity index is 2.45. The fourth-order valence-electron chi connectivity index (χ4n) is 2.71. The second-order valence-corrected chi connectivity index (χ2v) is 5.63. The average molecular weight is 304 g/mol. The van der Waals surface area contributed by atoms with Gasteiger partial charge in [0.25, 0.3) is 11.6 Å². The summed E-state index contributed by atoms with van der Waals surface area (Å²) in [5.74, 6) is -0.397. The molecular formula is C16H20N2O4. The van der Waals surface area contributed by atoms with E-state index in [1.807, 2.05) is 19.9 Å². The molecule has 1 atom stereocenters. The second kappa shape index (κ2) is 6.27. The molecule has 1 fully saturated rings. The minimum atomic E-state index is -0.528. The van der Waals surface area contributed by atoms with Crippen LogP contribution in [0, 0.1) is 24.0 Å². The molecule has 1 saturated heterocycles. The van der Waals surface area contributed by atoms with Gasteiger partial charge in [-0.25, -0.2) is 0 Å². The van der Waals surface area contributed by atoms with Gasteiger partial charge in [-0.2, -0.15) is 0 Å². The Morgan fingerprint density at radius 2 is 2.09 bits per heavy atom. The molecule has 1 aliphatic rings. The summed E-state index contributed by atoms with van der Waals surface area (Å²) >= 11 is 0. The van der Waals surface area contributed by atoms with Crippen LogP contribution in [0.1, 0.15) is 34.8 Å². The van der Waals surface area contributed by atoms with Crippen LogP contribution in [-0.4, -0.2) is 40.0 Å². The minimum Gasteiger partial charge on any atom is -0.394 e. The number of aryl methyl sites for hydroxylation is 2. The molecule has 1 amide bonds. The lowest BCUT2D eigenvalue weighted by Crippen LogP contribution is -2.38. The first kappa shape index (κ1) is 16.2. The van der Waals surface area contributed by atoms with Gasteiger partial charge in [0.15, 0.2) is 0 Å². The van der Waals surface area contributed by atoms with Crippen molar-refractivity contribution in [3.05, 3.63) is 50.6 Å². The number of allylic oxidation sites excluding steroid dienone is 1. The normalized spacial score (nSPS) is 19.7. The molecule has 6 heteroatoms. The summed E-state index contributed by atoms with van der Waals surface area (Å²) in [5, 5.41) is 20.7. The molecule has 22 heavy (non-hydrogen) atoms. The van der Waals surface area contributed by atoms with Crippen molar-refractivity contribution in [3.63, 3.8) is 0 Å². The maximum atomic E-state index is 12.7. The van der Waals surface area contributed by atoms with Gasteiger partial charge in [-0.1, -0.05) is 11.6 Å². The highest BCUT2D eigenvalue weighted by atomic mass is 16.6. The lowest BCUT2D eigenvalue weighted by Gasteiger charge is -2.22. The predicted molar refractivity (Wildman–Crippen MR) is 82.9 cm³/mol. The Bertz CT molecular complexity index is 652. The fourth-order valence-corrected chi connectivity index (χ4v) is 2.71. The van der Waals surface area contributed by atoms with E-state index in [0.717, 1.165) is 16.7 Å². The Morgan fingerprint density at radius 1 is 1.45 bits per heavy atom. The summed E-state index contributed by atoms with van der Waals surface area (Å²) in [6.07, 6.45) is 2.53. The van der Waals surface area contributed by atoms with Crippen LogP contribution in [-0.2, 0) is 0 Å². The number of hydrogen-bond donors (Lipinski definition) is 1. The second-order valence-electron chi connectivity index (χ2n) is 5.63. The lowest BCUT2D eigenvalue weighted by atomic mass is 10.0. The predicted octanol–water partition coefficient (Wildman–Crippen LogP) is 2.36. The van der Waals surface area contributed by atoms with Crippen molar-refractivity contribution >= 4 is 11.6 Å². The number of carbonyl (C=O) groups excluding carboxylic acids is 1. The SMILES string of the molecule is CC=C1C[C@@H](CO)N(C(=O)c2cc(C)c(C)cc2[N+](=O)[O-])C1. The molecular weight excluding hydrogens is 284 g/mol. The van der Waals surface area contributed by atoms with E-state index in [0.29, 0.717) is 13.0 Å². The number of nitro groups is 1. The highest BCUT2D eigenvalue weighted by Gasteiger charge is 2.34. The zero-order chi connectivity index (χ0) is 16.4. The number of likely N-dealkylation sites (tertiary alicyclic amines) is 1. The van der Waals surface area contributed by atoms with Gasteiger partial charge >= 0.3 is 0 Å². The molecule has 118 valence electrons. The third-order valence-corrected chi connectivity index (χ3v) is 4.23. The highest BCUT2D eigenvalue weighted by Crippen LogP contribution is 2.29. The Morgan fingerprint density at radius 3 is 2.64 bits per heavy atom. The van der Waals surface area contributed by atoms with Crippen LogP contribution in [0.5, 0.6) is 0 Å². The van der Waals surface area contributed by atoms with Crippen molar-refractivity contribution in [2.24, 2.45) is 0 Å². The quantitative estimate of drug-likeness (QED) is 0.528. The molecule has 1 heterocycles. The smallest absolute Gasteiger partial charge is 0.282 e. The molecule has 0 bridgehead atoms. The van der Waals surface area contributed by atoms with E-state index < -0.39 is 10.8 Å². The van der Waals surface area contributed by atoms with E-state index >= 15 is 0 Å². The summed E-state index contributed by atoms with van der Waals surface area (Å²) in [5.41, 5.74) is 2.57. The van der Waals surface area contributed by atoms with Crippen LogP contribution in [0.3, 0.4) is 0 Å². The minimum absolute atomic E-state index is 0.0869. The first-order valence-corrected chi connectivity index (χ1v) is 7.20. The van der Waals surface area contributed by atoms with E-state index in [4.69, 9.17) is 0 Å². The zero-order valence-corrected chi connectivity index (χ0v) is 13.0. The number of aliphatic hydroxyl groups excluding tert-OH is 1. The number of hydrogen-bond acceptors (Lipinski definition) is 4. The number of amides is 1. The van der Waals surface area contributed by atoms with E-state index in [2.05, 4.69) is 0 Å². The van der Waals surface area contributed by atoms with Crippen LogP contribution in [0.15, 0.2) is 23.8 Å². The van der Waals surface area contributed by atoms with E-state index in [1.165, 1.54) is 11.0 Å². The molecule has 2 rings (SSSR count). The molecule has 1 N–H and O–H groups in total. The molecule has 0 saturated carbocycles. The maximum Gasteiger partial charge on any atom is 0.282 e. The molecule has 1 aliphatic heterocycles. The lowest BCUT2D eigenvalue weighted by molar-refractivity contribution is -0.385. The zero-order valence-electron chi connectivity index (χ0n) is 13.0. The number of nitro benzene ring substituents is 1. The van der Waals surface area contributed by atoms with Crippen LogP contribution < -0.4 is 0 Å². The van der Waals surface area contributed by atoms with Gasteiger partial charge < -0.3 is 10.0 Å². The van der Waals surface area contributed by atoms with Crippen molar-refractivity contribution in [3.8, 4) is 0 Å². The third kappa shape index (κ3) is 2.87. The number of aliphatic hydroxyl groups is 1. The molecule has 0 aromatic heterocycles. The van der Waals surface area contributed by atoms with Gasteiger partial charge in [-0.05, 0) is 44.4 Å². The number of benzene rings is 1. The number of carbonyl (C=O) groups is 1. The monoisotopic (exact) mass is 304 g/mol. The van der Waals surface area contributed by atoms with Gasteiger partial charge in [-0.3, -0.25) is 14.9 Å². The maximum absolute atomic E-state index is 12.7. The fraction of sp³-hybridized carbons (Fsp3) is 0.438. The standard InChI is InChI=1S/C16H20N2O4/c1-4-12-7-13(9-19)17(8-12)16(20)14-5-10(2)11(3)6-15(14)18(21)22/h4-6,13,19H,7-9H2,1-3H3/t13-/m0/s1. The van der Waals surface area contributed by atoms with E-state index in [-0.39, 0.29) is 23.9 Å². The Kier molecular flexibility index (Phi) is 4.61. The van der Waals surface area contributed by atoms with Crippen molar-refractivity contribution in [2.75, 3.05) is 13.2 Å². The first-order chi connectivity index (χ1) is 10.4. The van der Waals surface area contributed by atoms with Crippen LogP contribution in [0.4, 0.5) is 5.69 Å². The van der Waals surface area contributed by atoms with Gasteiger partial charge in [0.05, 0.1) is 17.6 Å². The molecule has 0 aliphatic carbocycles. The number of rotatable bonds is 3. The highest BCUT2D eigenvalue weighted by molar-refractivity contribution is 5.99. The molecule has 6 nitrogen and oxygen atoms in total. The van der Waals surface area contributed by atoms with Gasteiger partial charge in [0, 0.05) is 12.6 Å². The summed E-state index contributed by atoms with van der Waals surface area (Å²) in [6.45, 7) is 5.74. The summed E-state index contributed by atoms with van der Waals surface area (Å²) in [6, 6.07) is 2.68. The summed E-state index contributed by atoms with van der Waals surface area (Å²) in [4.78, 5) is 25.0. The summed E-state index contributed by atoms with van der Waals surface area (Å²) < 4.78 is 0. The molecule has 0 spiro atoms. The Hall–Kier alpha value is -2.21. The topological polar surface area (TPSA) is 83.7 Å². The summed E-state index contributed by atoms with van der Waals surface area (Å²) in [7, 11) is 0. The molecule has 0 radical (unpaired) electrons. The van der Waals surface area contributed by atoms with Crippen LogP contribution in [0.25, 0.3) is 0 Å². The Labute approximate surface area is 129 Å². The van der Waals surface area contributed by atoms with Gasteiger partial charge in [0.1, 0.15) is 5.56 Å². The first-order valence-electron chi connectivity index (χ1n) is 7.20.